The highest BCUT2D eigenvalue weighted by Gasteiger charge is 2.05. The zero-order valence-corrected chi connectivity index (χ0v) is 14.9. The molecule has 0 aliphatic rings. The zero-order valence-electron chi connectivity index (χ0n) is 14.9. The fraction of sp³-hybridized carbons (Fsp3) is 0.471. The van der Waals surface area contributed by atoms with Crippen LogP contribution in [0.15, 0.2) is 29.5 Å². The van der Waals surface area contributed by atoms with E-state index in [4.69, 9.17) is 4.74 Å². The Bertz CT molecular complexity index is 700. The molecule has 2 N–H and O–H groups in total. The van der Waals surface area contributed by atoms with Gasteiger partial charge in [0, 0.05) is 26.1 Å². The third kappa shape index (κ3) is 5.44. The number of aliphatic imine (C=N–C) groups is 1. The first-order valence-corrected chi connectivity index (χ1v) is 8.39. The summed E-state index contributed by atoms with van der Waals surface area (Å²) in [6.07, 6.45) is 2.57. The second-order valence-corrected chi connectivity index (χ2v) is 5.38. The van der Waals surface area contributed by atoms with E-state index in [9.17, 15) is 4.39 Å². The van der Waals surface area contributed by atoms with Crippen LogP contribution in [0.5, 0.6) is 5.75 Å². The second kappa shape index (κ2) is 9.61. The number of benzene rings is 1. The minimum Gasteiger partial charge on any atom is -0.494 e. The Kier molecular flexibility index (Phi) is 7.18. The molecule has 0 aliphatic carbocycles. The van der Waals surface area contributed by atoms with Gasteiger partial charge in [-0.2, -0.15) is 0 Å². The molecule has 0 radical (unpaired) electrons. The Morgan fingerprint density at radius 1 is 1.32 bits per heavy atom. The van der Waals surface area contributed by atoms with E-state index in [0.29, 0.717) is 19.0 Å². The maximum atomic E-state index is 13.7. The van der Waals surface area contributed by atoms with Crippen LogP contribution < -0.4 is 15.4 Å². The van der Waals surface area contributed by atoms with E-state index < -0.39 is 0 Å². The minimum atomic E-state index is -0.382. The van der Waals surface area contributed by atoms with Gasteiger partial charge in [0.2, 0.25) is 0 Å². The predicted molar refractivity (Wildman–Crippen MR) is 95.2 cm³/mol. The van der Waals surface area contributed by atoms with E-state index in [1.54, 1.807) is 18.5 Å². The van der Waals surface area contributed by atoms with Gasteiger partial charge in [-0.05, 0) is 24.6 Å². The first-order chi connectivity index (χ1) is 12.2. The van der Waals surface area contributed by atoms with Gasteiger partial charge in [0.1, 0.15) is 12.2 Å². The van der Waals surface area contributed by atoms with Gasteiger partial charge < -0.3 is 19.9 Å². The number of nitrogens with one attached hydrogen (secondary N) is 2. The van der Waals surface area contributed by atoms with Gasteiger partial charge in [0.05, 0.1) is 13.7 Å². The Morgan fingerprint density at radius 3 is 2.84 bits per heavy atom. The summed E-state index contributed by atoms with van der Waals surface area (Å²) in [5, 5.41) is 14.4. The number of halogens is 1. The second-order valence-electron chi connectivity index (χ2n) is 5.38. The summed E-state index contributed by atoms with van der Waals surface area (Å²) < 4.78 is 20.7. The zero-order chi connectivity index (χ0) is 18.1. The van der Waals surface area contributed by atoms with Crippen LogP contribution in [0.3, 0.4) is 0 Å². The number of guanidine groups is 1. The number of aromatic nitrogens is 3. The number of aryl methyl sites for hydroxylation is 1. The van der Waals surface area contributed by atoms with E-state index in [1.165, 1.54) is 13.2 Å². The lowest BCUT2D eigenvalue weighted by molar-refractivity contribution is 0.386. The summed E-state index contributed by atoms with van der Waals surface area (Å²) in [6.45, 7) is 6.61. The van der Waals surface area contributed by atoms with Crippen molar-refractivity contribution in [2.75, 3.05) is 20.2 Å². The summed E-state index contributed by atoms with van der Waals surface area (Å²) in [6, 6.07) is 4.86. The molecule has 136 valence electrons. The molecule has 8 heteroatoms. The van der Waals surface area contributed by atoms with E-state index in [2.05, 4.69) is 25.8 Å². The van der Waals surface area contributed by atoms with Gasteiger partial charge >= 0.3 is 0 Å². The third-order valence-electron chi connectivity index (χ3n) is 3.64. The minimum absolute atomic E-state index is 0.235. The van der Waals surface area contributed by atoms with Crippen LogP contribution in [0, 0.1) is 5.82 Å². The molecule has 0 saturated carbocycles. The van der Waals surface area contributed by atoms with Crippen LogP contribution in [-0.2, 0) is 19.5 Å². The maximum Gasteiger partial charge on any atom is 0.191 e. The number of hydrogen-bond donors (Lipinski definition) is 2. The topological polar surface area (TPSA) is 76.4 Å². The Labute approximate surface area is 147 Å². The van der Waals surface area contributed by atoms with Crippen molar-refractivity contribution in [1.82, 2.24) is 25.4 Å². The number of methoxy groups -OCH3 is 1. The summed E-state index contributed by atoms with van der Waals surface area (Å²) >= 11 is 0. The van der Waals surface area contributed by atoms with Gasteiger partial charge in [-0.1, -0.05) is 13.0 Å². The molecule has 0 atom stereocenters. The van der Waals surface area contributed by atoms with E-state index >= 15 is 0 Å². The molecule has 0 bridgehead atoms. The van der Waals surface area contributed by atoms with Gasteiger partial charge in [-0.25, -0.2) is 9.38 Å². The number of hydrogen-bond acceptors (Lipinski definition) is 4. The molecular formula is C17H25FN6O. The molecule has 1 aromatic heterocycles. The lowest BCUT2D eigenvalue weighted by Crippen LogP contribution is -2.38. The van der Waals surface area contributed by atoms with Crippen molar-refractivity contribution >= 4 is 5.96 Å². The van der Waals surface area contributed by atoms with Crippen LogP contribution >= 0.6 is 0 Å². The fourth-order valence-electron chi connectivity index (χ4n) is 2.35. The van der Waals surface area contributed by atoms with E-state index in [1.807, 2.05) is 18.4 Å². The number of ether oxygens (including phenoxy) is 1. The molecule has 0 fully saturated rings. The van der Waals surface area contributed by atoms with Crippen molar-refractivity contribution in [3.8, 4) is 5.75 Å². The number of nitrogens with zero attached hydrogens (tertiary/aromatic N) is 4. The largest absolute Gasteiger partial charge is 0.494 e. The Balaban J connectivity index is 1.92. The van der Waals surface area contributed by atoms with Crippen molar-refractivity contribution in [1.29, 1.82) is 0 Å². The molecule has 7 nitrogen and oxygen atoms in total. The first kappa shape index (κ1) is 18.7. The smallest absolute Gasteiger partial charge is 0.191 e. The van der Waals surface area contributed by atoms with Crippen LogP contribution in [0.4, 0.5) is 4.39 Å². The Morgan fingerprint density at radius 2 is 2.16 bits per heavy atom. The molecule has 0 aliphatic heterocycles. The lowest BCUT2D eigenvalue weighted by atomic mass is 10.2. The molecule has 2 rings (SSSR count). The molecule has 0 amide bonds. The average Bonchev–Trinajstić information content (AvgIpc) is 3.07. The predicted octanol–water partition coefficient (Wildman–Crippen LogP) is 1.74. The SMILES string of the molecule is CCNC(=NCc1ccc(OC)c(F)c1)NCCn1cnnc1CC. The quantitative estimate of drug-likeness (QED) is 0.561. The molecule has 0 saturated heterocycles. The highest BCUT2D eigenvalue weighted by atomic mass is 19.1. The summed E-state index contributed by atoms with van der Waals surface area (Å²) in [4.78, 5) is 4.49. The van der Waals surface area contributed by atoms with Crippen LogP contribution in [0.1, 0.15) is 25.2 Å². The Hall–Kier alpha value is -2.64. The summed E-state index contributed by atoms with van der Waals surface area (Å²) in [7, 11) is 1.45. The van der Waals surface area contributed by atoms with Crippen LogP contribution in [-0.4, -0.2) is 40.9 Å². The van der Waals surface area contributed by atoms with Crippen molar-refractivity contribution in [3.05, 3.63) is 41.7 Å². The molecule has 1 aromatic carbocycles. The normalized spacial score (nSPS) is 11.4. The molecule has 0 unspecified atom stereocenters. The monoisotopic (exact) mass is 348 g/mol. The molecule has 1 heterocycles. The van der Waals surface area contributed by atoms with E-state index in [0.717, 1.165) is 30.9 Å². The van der Waals surface area contributed by atoms with Crippen molar-refractivity contribution in [2.45, 2.75) is 33.4 Å². The summed E-state index contributed by atoms with van der Waals surface area (Å²) in [5.74, 6) is 1.49. The van der Waals surface area contributed by atoms with Crippen LogP contribution in [0.25, 0.3) is 0 Å². The third-order valence-corrected chi connectivity index (χ3v) is 3.64. The van der Waals surface area contributed by atoms with E-state index in [-0.39, 0.29) is 11.6 Å². The average molecular weight is 348 g/mol. The van der Waals surface area contributed by atoms with Gasteiger partial charge in [0.25, 0.3) is 0 Å². The van der Waals surface area contributed by atoms with Gasteiger partial charge in [0.15, 0.2) is 17.5 Å². The lowest BCUT2D eigenvalue weighted by Gasteiger charge is -2.12. The molecule has 25 heavy (non-hydrogen) atoms. The highest BCUT2D eigenvalue weighted by molar-refractivity contribution is 5.79. The van der Waals surface area contributed by atoms with Crippen LogP contribution in [0.2, 0.25) is 0 Å². The first-order valence-electron chi connectivity index (χ1n) is 8.39. The molecule has 0 spiro atoms. The highest BCUT2D eigenvalue weighted by Crippen LogP contribution is 2.17. The van der Waals surface area contributed by atoms with Gasteiger partial charge in [-0.3, -0.25) is 0 Å². The fourth-order valence-corrected chi connectivity index (χ4v) is 2.35. The van der Waals surface area contributed by atoms with Crippen molar-refractivity contribution in [3.63, 3.8) is 0 Å². The summed E-state index contributed by atoms with van der Waals surface area (Å²) in [5.41, 5.74) is 0.780. The molecule has 2 aromatic rings. The van der Waals surface area contributed by atoms with Crippen molar-refractivity contribution < 1.29 is 9.13 Å². The van der Waals surface area contributed by atoms with Crippen molar-refractivity contribution in [2.24, 2.45) is 4.99 Å². The maximum absolute atomic E-state index is 13.7. The standard InChI is InChI=1S/C17H25FN6O/c1-4-16-23-22-12-24(16)9-8-20-17(19-5-2)21-11-13-6-7-15(25-3)14(18)10-13/h6-7,10,12H,4-5,8-9,11H2,1-3H3,(H2,19,20,21). The molecular weight excluding hydrogens is 323 g/mol. The number of rotatable bonds is 8. The van der Waals surface area contributed by atoms with Gasteiger partial charge in [-0.15, -0.1) is 10.2 Å².